The molecule has 27 heavy (non-hydrogen) atoms. The Hall–Kier alpha value is -1.80. The molecule has 146 valence electrons. The Morgan fingerprint density at radius 1 is 1.11 bits per heavy atom. The molecule has 0 saturated carbocycles. The van der Waals surface area contributed by atoms with Crippen molar-refractivity contribution in [1.29, 1.82) is 0 Å². The number of hydrogen-bond donors (Lipinski definition) is 1. The lowest BCUT2D eigenvalue weighted by molar-refractivity contribution is 0.0892. The molecule has 2 aromatic carbocycles. The SMILES string of the molecule is CN1CCN(CCCNS(=O)(=O)c2cccc(F)c2)[C@@H](c2ccccc2)C1. The van der Waals surface area contributed by atoms with Gasteiger partial charge in [0.1, 0.15) is 5.82 Å². The lowest BCUT2D eigenvalue weighted by atomic mass is 10.0. The van der Waals surface area contributed by atoms with Crippen molar-refractivity contribution in [2.24, 2.45) is 0 Å². The van der Waals surface area contributed by atoms with Crippen LogP contribution in [0.25, 0.3) is 0 Å². The average Bonchev–Trinajstić information content (AvgIpc) is 2.67. The molecule has 1 aliphatic rings. The van der Waals surface area contributed by atoms with Crippen molar-refractivity contribution in [1.82, 2.24) is 14.5 Å². The average molecular weight is 392 g/mol. The van der Waals surface area contributed by atoms with E-state index in [2.05, 4.69) is 45.8 Å². The first-order valence-corrected chi connectivity index (χ1v) is 10.7. The molecule has 0 amide bonds. The number of nitrogens with one attached hydrogen (secondary N) is 1. The summed E-state index contributed by atoms with van der Waals surface area (Å²) < 4.78 is 40.4. The molecule has 7 heteroatoms. The monoisotopic (exact) mass is 391 g/mol. The van der Waals surface area contributed by atoms with Crippen LogP contribution in [0.4, 0.5) is 4.39 Å². The number of sulfonamides is 1. The van der Waals surface area contributed by atoms with E-state index in [0.717, 1.165) is 32.2 Å². The number of rotatable bonds is 7. The molecule has 0 spiro atoms. The Bertz CT molecular complexity index is 845. The Morgan fingerprint density at radius 2 is 1.89 bits per heavy atom. The molecule has 1 atom stereocenters. The highest BCUT2D eigenvalue weighted by Gasteiger charge is 2.26. The fraction of sp³-hybridized carbons (Fsp3) is 0.400. The van der Waals surface area contributed by atoms with Crippen LogP contribution in [0.1, 0.15) is 18.0 Å². The minimum absolute atomic E-state index is 0.0377. The van der Waals surface area contributed by atoms with Crippen molar-refractivity contribution in [2.45, 2.75) is 17.4 Å². The molecule has 0 aromatic heterocycles. The largest absolute Gasteiger partial charge is 0.303 e. The van der Waals surface area contributed by atoms with E-state index in [4.69, 9.17) is 0 Å². The van der Waals surface area contributed by atoms with E-state index in [1.54, 1.807) is 0 Å². The lowest BCUT2D eigenvalue weighted by Crippen LogP contribution is -2.47. The van der Waals surface area contributed by atoms with Crippen molar-refractivity contribution < 1.29 is 12.8 Å². The van der Waals surface area contributed by atoms with E-state index in [9.17, 15) is 12.8 Å². The van der Waals surface area contributed by atoms with Gasteiger partial charge in [0.05, 0.1) is 4.90 Å². The predicted octanol–water partition coefficient (Wildman–Crippen LogP) is 2.48. The highest BCUT2D eigenvalue weighted by molar-refractivity contribution is 7.89. The second-order valence-electron chi connectivity index (χ2n) is 6.93. The number of hydrogen-bond acceptors (Lipinski definition) is 4. The van der Waals surface area contributed by atoms with Crippen LogP contribution in [-0.2, 0) is 10.0 Å². The van der Waals surface area contributed by atoms with E-state index in [-0.39, 0.29) is 4.90 Å². The summed E-state index contributed by atoms with van der Waals surface area (Å²) >= 11 is 0. The van der Waals surface area contributed by atoms with Crippen LogP contribution in [0.5, 0.6) is 0 Å². The Kier molecular flexibility index (Phi) is 6.59. The van der Waals surface area contributed by atoms with Crippen LogP contribution in [0, 0.1) is 5.82 Å². The Labute approximate surface area is 160 Å². The molecule has 1 N–H and O–H groups in total. The van der Waals surface area contributed by atoms with Gasteiger partial charge in [0.2, 0.25) is 10.0 Å². The van der Waals surface area contributed by atoms with Gasteiger partial charge in [-0.3, -0.25) is 4.90 Å². The third kappa shape index (κ3) is 5.35. The van der Waals surface area contributed by atoms with Crippen LogP contribution in [0.3, 0.4) is 0 Å². The highest BCUT2D eigenvalue weighted by Crippen LogP contribution is 2.24. The van der Waals surface area contributed by atoms with Crippen LogP contribution < -0.4 is 4.72 Å². The number of benzene rings is 2. The van der Waals surface area contributed by atoms with E-state index in [1.807, 2.05) is 6.07 Å². The topological polar surface area (TPSA) is 52.6 Å². The van der Waals surface area contributed by atoms with E-state index < -0.39 is 15.8 Å². The van der Waals surface area contributed by atoms with Crippen LogP contribution in [0.15, 0.2) is 59.5 Å². The minimum atomic E-state index is -3.68. The van der Waals surface area contributed by atoms with Crippen molar-refractivity contribution in [3.8, 4) is 0 Å². The van der Waals surface area contributed by atoms with Crippen LogP contribution in [-0.4, -0.2) is 58.0 Å². The fourth-order valence-corrected chi connectivity index (χ4v) is 4.53. The number of likely N-dealkylation sites (N-methyl/N-ethyl adjacent to an activating group) is 1. The maximum Gasteiger partial charge on any atom is 0.240 e. The molecule has 1 fully saturated rings. The zero-order valence-electron chi connectivity index (χ0n) is 15.5. The molecule has 1 heterocycles. The fourth-order valence-electron chi connectivity index (χ4n) is 3.42. The highest BCUT2D eigenvalue weighted by atomic mass is 32.2. The van der Waals surface area contributed by atoms with Crippen molar-refractivity contribution in [2.75, 3.05) is 39.8 Å². The van der Waals surface area contributed by atoms with Gasteiger partial charge in [-0.15, -0.1) is 0 Å². The summed E-state index contributed by atoms with van der Waals surface area (Å²) in [7, 11) is -1.55. The summed E-state index contributed by atoms with van der Waals surface area (Å²) in [6.45, 7) is 4.04. The maximum atomic E-state index is 13.3. The van der Waals surface area contributed by atoms with Crippen molar-refractivity contribution >= 4 is 10.0 Å². The quantitative estimate of drug-likeness (QED) is 0.737. The molecular weight excluding hydrogens is 365 g/mol. The molecule has 2 aromatic rings. The Morgan fingerprint density at radius 3 is 2.63 bits per heavy atom. The van der Waals surface area contributed by atoms with E-state index >= 15 is 0 Å². The summed E-state index contributed by atoms with van der Waals surface area (Å²) in [5.41, 5.74) is 1.28. The van der Waals surface area contributed by atoms with Gasteiger partial charge >= 0.3 is 0 Å². The molecule has 5 nitrogen and oxygen atoms in total. The molecular formula is C20H26FN3O2S. The summed E-state index contributed by atoms with van der Waals surface area (Å²) in [6.07, 6.45) is 0.696. The van der Waals surface area contributed by atoms with E-state index in [1.165, 1.54) is 23.8 Å². The second-order valence-corrected chi connectivity index (χ2v) is 8.70. The minimum Gasteiger partial charge on any atom is -0.303 e. The predicted molar refractivity (Wildman–Crippen MR) is 104 cm³/mol. The van der Waals surface area contributed by atoms with Crippen LogP contribution >= 0.6 is 0 Å². The van der Waals surface area contributed by atoms with Crippen molar-refractivity contribution in [3.05, 3.63) is 66.0 Å². The normalized spacial score (nSPS) is 19.3. The zero-order chi connectivity index (χ0) is 19.3. The molecule has 0 bridgehead atoms. The van der Waals surface area contributed by atoms with E-state index in [0.29, 0.717) is 19.0 Å². The van der Waals surface area contributed by atoms with Gasteiger partial charge in [-0.2, -0.15) is 0 Å². The van der Waals surface area contributed by atoms with Gasteiger partial charge in [0.25, 0.3) is 0 Å². The lowest BCUT2D eigenvalue weighted by Gasteiger charge is -2.40. The van der Waals surface area contributed by atoms with Gasteiger partial charge in [0.15, 0.2) is 0 Å². The first-order valence-electron chi connectivity index (χ1n) is 9.18. The number of piperazine rings is 1. The summed E-state index contributed by atoms with van der Waals surface area (Å²) in [5.74, 6) is -0.555. The van der Waals surface area contributed by atoms with Crippen LogP contribution in [0.2, 0.25) is 0 Å². The van der Waals surface area contributed by atoms with Crippen molar-refractivity contribution in [3.63, 3.8) is 0 Å². The molecule has 3 rings (SSSR count). The summed E-state index contributed by atoms with van der Waals surface area (Å²) in [4.78, 5) is 4.69. The number of nitrogens with zero attached hydrogens (tertiary/aromatic N) is 2. The molecule has 1 aliphatic heterocycles. The van der Waals surface area contributed by atoms with Gasteiger partial charge in [0, 0.05) is 38.8 Å². The maximum absolute atomic E-state index is 13.3. The molecule has 0 unspecified atom stereocenters. The third-order valence-electron chi connectivity index (χ3n) is 4.90. The Balaban J connectivity index is 1.56. The molecule has 1 saturated heterocycles. The van der Waals surface area contributed by atoms with Gasteiger partial charge in [-0.05, 0) is 37.2 Å². The molecule has 0 aliphatic carbocycles. The number of halogens is 1. The first-order chi connectivity index (χ1) is 13.0. The smallest absolute Gasteiger partial charge is 0.240 e. The first kappa shape index (κ1) is 19.9. The third-order valence-corrected chi connectivity index (χ3v) is 6.36. The second kappa shape index (κ2) is 8.93. The van der Waals surface area contributed by atoms with Gasteiger partial charge < -0.3 is 4.90 Å². The summed E-state index contributed by atoms with van der Waals surface area (Å²) in [5, 5.41) is 0. The van der Waals surface area contributed by atoms with Gasteiger partial charge in [-0.25, -0.2) is 17.5 Å². The standard InChI is InChI=1S/C20H26FN3O2S/c1-23-13-14-24(20(16-23)17-7-3-2-4-8-17)12-6-11-22-27(25,26)19-10-5-9-18(21)15-19/h2-5,7-10,15,20,22H,6,11-14,16H2,1H3/t20-/m1/s1. The summed E-state index contributed by atoms with van der Waals surface area (Å²) in [6, 6.07) is 15.8. The zero-order valence-corrected chi connectivity index (χ0v) is 16.3. The van der Waals surface area contributed by atoms with Gasteiger partial charge in [-0.1, -0.05) is 36.4 Å². The molecule has 0 radical (unpaired) electrons.